The molecule has 8 heteroatoms. The lowest BCUT2D eigenvalue weighted by Crippen LogP contribution is -2.23. The number of hydrogen-bond acceptors (Lipinski definition) is 6. The van der Waals surface area contributed by atoms with Crippen LogP contribution in [0, 0.1) is 0 Å². The Morgan fingerprint density at radius 2 is 1.97 bits per heavy atom. The number of nitrogens with zero attached hydrogens (tertiary/aromatic N) is 5. The van der Waals surface area contributed by atoms with Crippen LogP contribution in [0.2, 0.25) is 0 Å². The maximum absolute atomic E-state index is 13.1. The van der Waals surface area contributed by atoms with Gasteiger partial charge in [0.15, 0.2) is 11.5 Å². The largest absolute Gasteiger partial charge is 0.324 e. The third-order valence-electron chi connectivity index (χ3n) is 6.27. The molecule has 2 N–H and O–H groups in total. The molecule has 0 unspecified atom stereocenters. The molecule has 4 aromatic rings. The van der Waals surface area contributed by atoms with E-state index in [0.29, 0.717) is 29.3 Å². The Morgan fingerprint density at radius 1 is 1.12 bits per heavy atom. The highest BCUT2D eigenvalue weighted by atomic mass is 16.1. The minimum Gasteiger partial charge on any atom is -0.324 e. The van der Waals surface area contributed by atoms with Gasteiger partial charge in [-0.1, -0.05) is 32.9 Å². The smallest absolute Gasteiger partial charge is 0.278 e. The predicted molar refractivity (Wildman–Crippen MR) is 135 cm³/mol. The average molecular weight is 458 g/mol. The van der Waals surface area contributed by atoms with E-state index in [1.54, 1.807) is 10.9 Å². The molecule has 1 aromatic carbocycles. The zero-order valence-corrected chi connectivity index (χ0v) is 20.2. The zero-order chi connectivity index (χ0) is 23.9. The van der Waals surface area contributed by atoms with Gasteiger partial charge in [0.1, 0.15) is 5.39 Å². The summed E-state index contributed by atoms with van der Waals surface area (Å²) >= 11 is 0. The number of fused-ring (bicyclic) bond motifs is 2. The Balaban J connectivity index is 1.59. The first-order valence-corrected chi connectivity index (χ1v) is 11.9. The fraction of sp³-hybridized carbons (Fsp3) is 0.385. The molecule has 0 atom stereocenters. The summed E-state index contributed by atoms with van der Waals surface area (Å²) in [6.45, 7) is 10.8. The van der Waals surface area contributed by atoms with Crippen molar-refractivity contribution in [2.45, 2.75) is 59.0 Å². The summed E-state index contributed by atoms with van der Waals surface area (Å²) in [5.41, 5.74) is 4.88. The van der Waals surface area contributed by atoms with E-state index in [9.17, 15) is 4.79 Å². The lowest BCUT2D eigenvalue weighted by atomic mass is 9.92. The maximum Gasteiger partial charge on any atom is 0.278 e. The van der Waals surface area contributed by atoms with Crippen LogP contribution in [-0.4, -0.2) is 30.9 Å². The first kappa shape index (κ1) is 22.3. The zero-order valence-electron chi connectivity index (χ0n) is 20.2. The number of nitrogens with one attached hydrogen (secondary N) is 2. The molecule has 0 bridgehead atoms. The van der Waals surface area contributed by atoms with Crippen LogP contribution in [0.5, 0.6) is 0 Å². The molecule has 176 valence electrons. The van der Waals surface area contributed by atoms with Gasteiger partial charge >= 0.3 is 0 Å². The van der Waals surface area contributed by atoms with Crippen LogP contribution < -0.4 is 16.2 Å². The molecular formula is C26H31N7O. The molecule has 8 nitrogen and oxygen atoms in total. The Hall–Kier alpha value is -3.52. The van der Waals surface area contributed by atoms with Crippen LogP contribution in [0.3, 0.4) is 0 Å². The van der Waals surface area contributed by atoms with Crippen molar-refractivity contribution in [1.82, 2.24) is 29.6 Å². The number of aryl methyl sites for hydroxylation is 1. The lowest BCUT2D eigenvalue weighted by molar-refractivity contribution is 0.545. The number of anilines is 2. The van der Waals surface area contributed by atoms with Gasteiger partial charge in [0.2, 0.25) is 5.95 Å². The molecular weight excluding hydrogens is 426 g/mol. The van der Waals surface area contributed by atoms with Crippen molar-refractivity contribution < 1.29 is 0 Å². The summed E-state index contributed by atoms with van der Waals surface area (Å²) in [5, 5.41) is 7.27. The maximum atomic E-state index is 13.1. The molecule has 0 spiro atoms. The van der Waals surface area contributed by atoms with Gasteiger partial charge in [0.05, 0.1) is 0 Å². The summed E-state index contributed by atoms with van der Waals surface area (Å²) in [7, 11) is 0. The molecule has 0 fully saturated rings. The van der Waals surface area contributed by atoms with E-state index in [0.717, 1.165) is 37.3 Å². The monoisotopic (exact) mass is 457 g/mol. The molecule has 0 aliphatic carbocycles. The summed E-state index contributed by atoms with van der Waals surface area (Å²) in [6.07, 6.45) is 3.78. The Bertz CT molecular complexity index is 1410. The van der Waals surface area contributed by atoms with Crippen LogP contribution in [-0.2, 0) is 24.9 Å². The van der Waals surface area contributed by atoms with Gasteiger partial charge in [0, 0.05) is 36.1 Å². The number of benzene rings is 1. The molecule has 4 heterocycles. The molecule has 3 aromatic heterocycles. The van der Waals surface area contributed by atoms with Crippen molar-refractivity contribution in [3.63, 3.8) is 0 Å². The van der Waals surface area contributed by atoms with Crippen LogP contribution >= 0.6 is 0 Å². The van der Waals surface area contributed by atoms with Crippen LogP contribution in [0.15, 0.2) is 47.4 Å². The minimum atomic E-state index is -0.121. The highest BCUT2D eigenvalue weighted by Gasteiger charge is 2.20. The quantitative estimate of drug-likeness (QED) is 0.480. The SMILES string of the molecule is CCn1c(=O)c2cnc(Nc3ccc4c(c3)CCCNC4)nc2n1-c1cccc(C(C)(C)C)n1. The second kappa shape index (κ2) is 8.68. The number of pyridine rings is 1. The fourth-order valence-corrected chi connectivity index (χ4v) is 4.43. The van der Waals surface area contributed by atoms with Crippen molar-refractivity contribution in [2.75, 3.05) is 11.9 Å². The average Bonchev–Trinajstić information content (AvgIpc) is 2.95. The fourth-order valence-electron chi connectivity index (χ4n) is 4.43. The third kappa shape index (κ3) is 4.09. The minimum absolute atomic E-state index is 0.112. The van der Waals surface area contributed by atoms with Gasteiger partial charge in [-0.3, -0.25) is 4.79 Å². The highest BCUT2D eigenvalue weighted by Crippen LogP contribution is 2.24. The molecule has 0 saturated heterocycles. The van der Waals surface area contributed by atoms with Crippen molar-refractivity contribution in [1.29, 1.82) is 0 Å². The van der Waals surface area contributed by atoms with Crippen LogP contribution in [0.25, 0.3) is 16.9 Å². The third-order valence-corrected chi connectivity index (χ3v) is 6.27. The topological polar surface area (TPSA) is 89.7 Å². The van der Waals surface area contributed by atoms with E-state index in [2.05, 4.69) is 54.6 Å². The van der Waals surface area contributed by atoms with Crippen molar-refractivity contribution >= 4 is 22.7 Å². The summed E-state index contributed by atoms with van der Waals surface area (Å²) in [5.74, 6) is 1.12. The van der Waals surface area contributed by atoms with Gasteiger partial charge in [-0.2, -0.15) is 4.98 Å². The molecule has 1 aliphatic heterocycles. The second-order valence-corrected chi connectivity index (χ2v) is 9.78. The first-order chi connectivity index (χ1) is 16.3. The predicted octanol–water partition coefficient (Wildman–Crippen LogP) is 4.07. The van der Waals surface area contributed by atoms with Crippen LogP contribution in [0.4, 0.5) is 11.6 Å². The van der Waals surface area contributed by atoms with Gasteiger partial charge in [-0.25, -0.2) is 19.3 Å². The molecule has 1 aliphatic rings. The Kier molecular flexibility index (Phi) is 5.69. The number of aromatic nitrogens is 5. The summed E-state index contributed by atoms with van der Waals surface area (Å²) < 4.78 is 3.47. The van der Waals surface area contributed by atoms with E-state index < -0.39 is 0 Å². The van der Waals surface area contributed by atoms with E-state index in [-0.39, 0.29) is 11.0 Å². The van der Waals surface area contributed by atoms with Crippen LogP contribution in [0.1, 0.15) is 50.9 Å². The van der Waals surface area contributed by atoms with Gasteiger partial charge in [-0.15, -0.1) is 0 Å². The second-order valence-electron chi connectivity index (χ2n) is 9.78. The normalized spacial score (nSPS) is 14.1. The standard InChI is InChI=1S/C26H31N7O/c1-5-32-24(34)20-16-28-25(29-19-12-11-18-15-27-13-7-8-17(18)14-19)31-23(20)33(32)22-10-6-9-21(30-22)26(2,3)4/h6,9-12,14,16,27H,5,7-8,13,15H2,1-4H3,(H,28,29,31). The van der Waals surface area contributed by atoms with Gasteiger partial charge in [-0.05, 0) is 61.7 Å². The van der Waals surface area contributed by atoms with E-state index in [1.807, 2.05) is 29.8 Å². The molecule has 0 radical (unpaired) electrons. The lowest BCUT2D eigenvalue weighted by Gasteiger charge is -2.19. The Labute approximate surface area is 199 Å². The van der Waals surface area contributed by atoms with E-state index in [1.165, 1.54) is 11.1 Å². The van der Waals surface area contributed by atoms with Gasteiger partial charge < -0.3 is 10.6 Å². The van der Waals surface area contributed by atoms with Crippen molar-refractivity contribution in [2.24, 2.45) is 0 Å². The number of rotatable bonds is 4. The molecule has 34 heavy (non-hydrogen) atoms. The molecule has 5 rings (SSSR count). The van der Waals surface area contributed by atoms with E-state index in [4.69, 9.17) is 9.97 Å². The number of hydrogen-bond donors (Lipinski definition) is 2. The Morgan fingerprint density at radius 3 is 2.76 bits per heavy atom. The first-order valence-electron chi connectivity index (χ1n) is 11.9. The summed E-state index contributed by atoms with van der Waals surface area (Å²) in [6, 6.07) is 12.3. The van der Waals surface area contributed by atoms with Crippen molar-refractivity contribution in [3.8, 4) is 5.82 Å². The van der Waals surface area contributed by atoms with Gasteiger partial charge in [0.25, 0.3) is 5.56 Å². The highest BCUT2D eigenvalue weighted by molar-refractivity contribution is 5.77. The van der Waals surface area contributed by atoms with Crippen molar-refractivity contribution in [3.05, 3.63) is 69.8 Å². The molecule has 0 saturated carbocycles. The summed E-state index contributed by atoms with van der Waals surface area (Å²) in [4.78, 5) is 27.2. The van der Waals surface area contributed by atoms with E-state index >= 15 is 0 Å². The molecule has 0 amide bonds.